The first-order valence-electron chi connectivity index (χ1n) is 10.4. The molecule has 4 N–H and O–H groups in total. The predicted molar refractivity (Wildman–Crippen MR) is 109 cm³/mol. The van der Waals surface area contributed by atoms with E-state index in [0.29, 0.717) is 19.4 Å². The average Bonchev–Trinajstić information content (AvgIpc) is 3.58. The lowest BCUT2D eigenvalue weighted by molar-refractivity contribution is -0.130. The molecule has 2 saturated carbocycles. The molecule has 10 nitrogen and oxygen atoms in total. The lowest BCUT2D eigenvalue weighted by atomic mass is 10.1. The third kappa shape index (κ3) is 5.12. The van der Waals surface area contributed by atoms with Gasteiger partial charge in [0.2, 0.25) is 15.9 Å². The van der Waals surface area contributed by atoms with Crippen molar-refractivity contribution in [3.8, 4) is 0 Å². The Kier molecular flexibility index (Phi) is 6.71. The third-order valence-electron chi connectivity index (χ3n) is 5.83. The molecule has 0 spiro atoms. The number of urea groups is 1. The number of rotatable bonds is 5. The molecule has 0 saturated heterocycles. The summed E-state index contributed by atoms with van der Waals surface area (Å²) < 4.78 is 26.6. The van der Waals surface area contributed by atoms with Crippen LogP contribution >= 0.6 is 0 Å². The highest BCUT2D eigenvalue weighted by Crippen LogP contribution is 2.45. The maximum absolute atomic E-state index is 12.9. The number of amides is 4. The standard InChI is InChI=1S/C19H30N4O6S/c1-23-10-5-3-2-4-6-13-12-19(13,17(26)22-30(28,29)14-7-8-14)21-16(25)15(9-11-24)20-18(23)27/h4,6,13-15,24H,2-3,5,7-12H2,1H3,(H,20,27)(H,21,25)(H,22,26)/b6-4+. The van der Waals surface area contributed by atoms with Crippen molar-refractivity contribution in [2.24, 2.45) is 5.92 Å². The van der Waals surface area contributed by atoms with Crippen molar-refractivity contribution in [1.82, 2.24) is 20.3 Å². The molecule has 2 fully saturated rings. The SMILES string of the molecule is CN1CCCC/C=C/C2CC2(C(=O)NS(=O)(=O)C2CC2)NC(=O)C(CCO)NC1=O. The van der Waals surface area contributed by atoms with Crippen LogP contribution in [0.25, 0.3) is 0 Å². The first-order chi connectivity index (χ1) is 14.2. The minimum Gasteiger partial charge on any atom is -0.396 e. The van der Waals surface area contributed by atoms with E-state index >= 15 is 0 Å². The van der Waals surface area contributed by atoms with E-state index in [0.717, 1.165) is 19.3 Å². The van der Waals surface area contributed by atoms with Gasteiger partial charge in [-0.3, -0.25) is 14.3 Å². The van der Waals surface area contributed by atoms with Crippen molar-refractivity contribution < 1.29 is 27.9 Å². The summed E-state index contributed by atoms with van der Waals surface area (Å²) in [4.78, 5) is 39.6. The second-order valence-corrected chi connectivity index (χ2v) is 10.3. The van der Waals surface area contributed by atoms with Gasteiger partial charge in [0.25, 0.3) is 5.91 Å². The Hall–Kier alpha value is -2.14. The first-order valence-corrected chi connectivity index (χ1v) is 11.9. The Morgan fingerprint density at radius 2 is 2.07 bits per heavy atom. The number of sulfonamides is 1. The fourth-order valence-electron chi connectivity index (χ4n) is 3.60. The van der Waals surface area contributed by atoms with Crippen LogP contribution in [0.1, 0.15) is 44.9 Å². The van der Waals surface area contributed by atoms with Crippen molar-refractivity contribution in [3.05, 3.63) is 12.2 Å². The molecule has 0 bridgehead atoms. The van der Waals surface area contributed by atoms with Crippen molar-refractivity contribution in [2.45, 2.75) is 61.8 Å². The van der Waals surface area contributed by atoms with Gasteiger partial charge in [0.1, 0.15) is 11.6 Å². The van der Waals surface area contributed by atoms with Gasteiger partial charge in [-0.25, -0.2) is 13.2 Å². The zero-order valence-electron chi connectivity index (χ0n) is 17.1. The normalized spacial score (nSPS) is 31.6. The zero-order valence-corrected chi connectivity index (χ0v) is 17.9. The lowest BCUT2D eigenvalue weighted by Gasteiger charge is -2.25. The lowest BCUT2D eigenvalue weighted by Crippen LogP contribution is -2.58. The van der Waals surface area contributed by atoms with Crippen LogP contribution in [0, 0.1) is 5.92 Å². The summed E-state index contributed by atoms with van der Waals surface area (Å²) >= 11 is 0. The zero-order chi connectivity index (χ0) is 21.9. The molecular formula is C19H30N4O6S. The number of carbonyl (C=O) groups excluding carboxylic acids is 3. The number of fused-ring (bicyclic) bond motifs is 1. The number of nitrogens with one attached hydrogen (secondary N) is 3. The summed E-state index contributed by atoms with van der Waals surface area (Å²) in [6.07, 6.45) is 7.45. The Morgan fingerprint density at radius 1 is 1.33 bits per heavy atom. The molecule has 4 amide bonds. The Balaban J connectivity index is 1.81. The van der Waals surface area contributed by atoms with Gasteiger partial charge in [-0.15, -0.1) is 0 Å². The summed E-state index contributed by atoms with van der Waals surface area (Å²) in [5.74, 6) is -1.71. The van der Waals surface area contributed by atoms with E-state index in [9.17, 15) is 27.9 Å². The Labute approximate surface area is 176 Å². The van der Waals surface area contributed by atoms with E-state index in [4.69, 9.17) is 0 Å². The number of carbonyl (C=O) groups is 3. The van der Waals surface area contributed by atoms with Crippen LogP contribution in [0.4, 0.5) is 4.79 Å². The van der Waals surface area contributed by atoms with Crippen LogP contribution in [0.15, 0.2) is 12.2 Å². The number of aliphatic hydroxyl groups is 1. The van der Waals surface area contributed by atoms with Crippen LogP contribution in [0.3, 0.4) is 0 Å². The van der Waals surface area contributed by atoms with Crippen LogP contribution in [0.2, 0.25) is 0 Å². The van der Waals surface area contributed by atoms with Crippen LogP contribution in [-0.2, 0) is 19.6 Å². The molecule has 168 valence electrons. The van der Waals surface area contributed by atoms with Crippen molar-refractivity contribution >= 4 is 27.9 Å². The number of hydrogen-bond donors (Lipinski definition) is 4. The number of hydrogen-bond acceptors (Lipinski definition) is 6. The predicted octanol–water partition coefficient (Wildman–Crippen LogP) is -0.398. The molecule has 1 aliphatic heterocycles. The van der Waals surface area contributed by atoms with E-state index < -0.39 is 44.7 Å². The molecule has 3 atom stereocenters. The van der Waals surface area contributed by atoms with Gasteiger partial charge in [-0.1, -0.05) is 12.2 Å². The van der Waals surface area contributed by atoms with Crippen LogP contribution in [-0.4, -0.2) is 73.3 Å². The van der Waals surface area contributed by atoms with E-state index in [1.165, 1.54) is 4.90 Å². The minimum absolute atomic E-state index is 0.0238. The molecule has 11 heteroatoms. The van der Waals surface area contributed by atoms with Crippen molar-refractivity contribution in [3.63, 3.8) is 0 Å². The molecule has 1 heterocycles. The molecule has 0 aromatic rings. The van der Waals surface area contributed by atoms with Crippen molar-refractivity contribution in [1.29, 1.82) is 0 Å². The van der Waals surface area contributed by atoms with E-state index in [2.05, 4.69) is 15.4 Å². The molecule has 0 aromatic carbocycles. The highest BCUT2D eigenvalue weighted by atomic mass is 32.2. The molecule has 0 aromatic heterocycles. The number of allylic oxidation sites excluding steroid dienone is 1. The maximum Gasteiger partial charge on any atom is 0.317 e. The Bertz CT molecular complexity index is 825. The van der Waals surface area contributed by atoms with Gasteiger partial charge < -0.3 is 20.6 Å². The fourth-order valence-corrected chi connectivity index (χ4v) is 4.96. The second-order valence-electron chi connectivity index (χ2n) is 8.31. The minimum atomic E-state index is -3.76. The molecule has 3 unspecified atom stereocenters. The molecule has 2 aliphatic carbocycles. The maximum atomic E-state index is 12.9. The van der Waals surface area contributed by atoms with Gasteiger partial charge in [0, 0.05) is 26.1 Å². The first kappa shape index (κ1) is 22.5. The largest absolute Gasteiger partial charge is 0.396 e. The average molecular weight is 443 g/mol. The summed E-state index contributed by atoms with van der Waals surface area (Å²) in [6, 6.07) is -1.49. The van der Waals surface area contributed by atoms with Crippen LogP contribution in [0.5, 0.6) is 0 Å². The molecule has 3 rings (SSSR count). The summed E-state index contributed by atoms with van der Waals surface area (Å²) in [6.45, 7) is 0.197. The third-order valence-corrected chi connectivity index (χ3v) is 7.64. The quantitative estimate of drug-likeness (QED) is 0.427. The van der Waals surface area contributed by atoms with Gasteiger partial charge in [-0.2, -0.15) is 0 Å². The molecule has 3 aliphatic rings. The fraction of sp³-hybridized carbons (Fsp3) is 0.737. The van der Waals surface area contributed by atoms with Gasteiger partial charge in [0.15, 0.2) is 0 Å². The summed E-state index contributed by atoms with van der Waals surface area (Å²) in [7, 11) is -2.13. The molecule has 30 heavy (non-hydrogen) atoms. The van der Waals surface area contributed by atoms with Crippen LogP contribution < -0.4 is 15.4 Å². The van der Waals surface area contributed by atoms with Crippen molar-refractivity contribution in [2.75, 3.05) is 20.2 Å². The monoisotopic (exact) mass is 442 g/mol. The van der Waals surface area contributed by atoms with Gasteiger partial charge >= 0.3 is 6.03 Å². The highest BCUT2D eigenvalue weighted by Gasteiger charge is 2.61. The summed E-state index contributed by atoms with van der Waals surface area (Å²) in [5, 5.41) is 14.0. The summed E-state index contributed by atoms with van der Waals surface area (Å²) in [5.41, 5.74) is -1.37. The smallest absolute Gasteiger partial charge is 0.317 e. The number of aliphatic hydroxyl groups excluding tert-OH is 1. The topological polar surface area (TPSA) is 145 Å². The number of nitrogens with zero attached hydrogens (tertiary/aromatic N) is 1. The molecule has 0 radical (unpaired) electrons. The van der Waals surface area contributed by atoms with E-state index in [-0.39, 0.29) is 25.4 Å². The second kappa shape index (κ2) is 8.93. The highest BCUT2D eigenvalue weighted by molar-refractivity contribution is 7.91. The van der Waals surface area contributed by atoms with E-state index in [1.807, 2.05) is 12.2 Å². The van der Waals surface area contributed by atoms with Gasteiger partial charge in [-0.05, 0) is 44.9 Å². The van der Waals surface area contributed by atoms with E-state index in [1.54, 1.807) is 7.05 Å². The molecular weight excluding hydrogens is 412 g/mol. The van der Waals surface area contributed by atoms with Gasteiger partial charge in [0.05, 0.1) is 5.25 Å². The Morgan fingerprint density at radius 3 is 2.73 bits per heavy atom.